The molecule has 0 aliphatic heterocycles. The monoisotopic (exact) mass is 405 g/mol. The molecule has 2 heteroatoms. The number of rotatable bonds is 5. The van der Waals surface area contributed by atoms with Gasteiger partial charge >= 0.3 is 0 Å². The van der Waals surface area contributed by atoms with E-state index in [4.69, 9.17) is 5.73 Å². The number of halogens is 1. The molecule has 0 fully saturated rings. The van der Waals surface area contributed by atoms with Crippen LogP contribution in [0.1, 0.15) is 54.2 Å². The van der Waals surface area contributed by atoms with E-state index in [2.05, 4.69) is 71.1 Å². The number of nitrogens with two attached hydrogens (primary N) is 1. The smallest absolute Gasteiger partial charge is 0.0133 e. The van der Waals surface area contributed by atoms with E-state index in [-0.39, 0.29) is 0 Å². The lowest BCUT2D eigenvalue weighted by Crippen LogP contribution is -2.18. The lowest BCUT2D eigenvalue weighted by Gasteiger charge is -2.33. The van der Waals surface area contributed by atoms with Gasteiger partial charge in [-0.05, 0) is 102 Å². The van der Waals surface area contributed by atoms with Crippen molar-refractivity contribution in [3.63, 3.8) is 0 Å². The third kappa shape index (κ3) is 3.54. The Morgan fingerprint density at radius 3 is 2.82 bits per heavy atom. The minimum absolute atomic E-state index is 0.597. The summed E-state index contributed by atoms with van der Waals surface area (Å²) in [7, 11) is 0. The molecule has 0 amide bonds. The highest BCUT2D eigenvalue weighted by atomic mass is 127. The van der Waals surface area contributed by atoms with E-state index < -0.39 is 0 Å². The second kappa shape index (κ2) is 7.60. The van der Waals surface area contributed by atoms with Crippen molar-refractivity contribution in [1.29, 1.82) is 0 Å². The number of aryl methyl sites for hydroxylation is 1. The van der Waals surface area contributed by atoms with Crippen LogP contribution in [-0.4, -0.2) is 6.54 Å². The van der Waals surface area contributed by atoms with Crippen molar-refractivity contribution in [3.8, 4) is 0 Å². The molecule has 0 aromatic heterocycles. The van der Waals surface area contributed by atoms with Gasteiger partial charge in [-0.25, -0.2) is 0 Å². The van der Waals surface area contributed by atoms with E-state index in [1.54, 1.807) is 11.1 Å². The molecule has 2 N–H and O–H groups in total. The highest BCUT2D eigenvalue weighted by molar-refractivity contribution is 14.1. The third-order valence-electron chi connectivity index (χ3n) is 4.90. The molecular formula is C20H24IN. The van der Waals surface area contributed by atoms with Gasteiger partial charge in [0.05, 0.1) is 0 Å². The van der Waals surface area contributed by atoms with Gasteiger partial charge < -0.3 is 5.73 Å². The summed E-state index contributed by atoms with van der Waals surface area (Å²) in [6.45, 7) is 0.787. The molecule has 1 aliphatic rings. The summed E-state index contributed by atoms with van der Waals surface area (Å²) in [6, 6.07) is 18.1. The van der Waals surface area contributed by atoms with Crippen molar-refractivity contribution in [2.45, 2.75) is 43.9 Å². The van der Waals surface area contributed by atoms with Crippen LogP contribution in [0, 0.1) is 3.57 Å². The van der Waals surface area contributed by atoms with Crippen LogP contribution in [0.5, 0.6) is 0 Å². The maximum atomic E-state index is 5.81. The second-order valence-corrected chi connectivity index (χ2v) is 7.54. The molecule has 2 atom stereocenters. The number of hydrogen-bond donors (Lipinski definition) is 1. The van der Waals surface area contributed by atoms with E-state index in [9.17, 15) is 0 Å². The van der Waals surface area contributed by atoms with Crippen LogP contribution in [0.15, 0.2) is 48.5 Å². The minimum Gasteiger partial charge on any atom is -0.330 e. The summed E-state index contributed by atoms with van der Waals surface area (Å²) < 4.78 is 1.33. The normalized spacial score (nSPS) is 18.7. The molecule has 22 heavy (non-hydrogen) atoms. The number of benzene rings is 2. The van der Waals surface area contributed by atoms with E-state index in [0.29, 0.717) is 11.8 Å². The predicted molar refractivity (Wildman–Crippen MR) is 102 cm³/mol. The Kier molecular flexibility index (Phi) is 5.53. The molecule has 3 rings (SSSR count). The molecule has 116 valence electrons. The Hall–Kier alpha value is -0.870. The Balaban J connectivity index is 1.96. The molecule has 0 spiro atoms. The largest absolute Gasteiger partial charge is 0.330 e. The summed E-state index contributed by atoms with van der Waals surface area (Å²) in [5.74, 6) is 1.24. The van der Waals surface area contributed by atoms with Gasteiger partial charge in [0, 0.05) is 3.57 Å². The fourth-order valence-corrected chi connectivity index (χ4v) is 4.45. The van der Waals surface area contributed by atoms with Gasteiger partial charge in [-0.1, -0.05) is 36.4 Å². The molecule has 0 heterocycles. The van der Waals surface area contributed by atoms with Gasteiger partial charge in [-0.2, -0.15) is 0 Å². The molecule has 1 nitrogen and oxygen atoms in total. The second-order valence-electron chi connectivity index (χ2n) is 6.29. The highest BCUT2D eigenvalue weighted by Crippen LogP contribution is 2.43. The Morgan fingerprint density at radius 2 is 2.00 bits per heavy atom. The van der Waals surface area contributed by atoms with Gasteiger partial charge in [-0.3, -0.25) is 0 Å². The fourth-order valence-electron chi connectivity index (χ4n) is 3.88. The Labute approximate surface area is 147 Å². The van der Waals surface area contributed by atoms with Crippen LogP contribution >= 0.6 is 22.6 Å². The average molecular weight is 405 g/mol. The van der Waals surface area contributed by atoms with Crippen LogP contribution in [0.4, 0.5) is 0 Å². The third-order valence-corrected chi connectivity index (χ3v) is 5.57. The van der Waals surface area contributed by atoms with Crippen molar-refractivity contribution >= 4 is 22.6 Å². The molecule has 2 aromatic carbocycles. The van der Waals surface area contributed by atoms with Gasteiger partial charge in [0.2, 0.25) is 0 Å². The van der Waals surface area contributed by atoms with E-state index in [1.807, 2.05) is 0 Å². The molecule has 0 saturated carbocycles. The first kappa shape index (κ1) is 16.0. The molecule has 2 aromatic rings. The first-order chi connectivity index (χ1) is 10.8. The van der Waals surface area contributed by atoms with Crippen LogP contribution in [0.3, 0.4) is 0 Å². The summed E-state index contributed by atoms with van der Waals surface area (Å²) >= 11 is 2.42. The van der Waals surface area contributed by atoms with Crippen molar-refractivity contribution in [1.82, 2.24) is 0 Å². The minimum atomic E-state index is 0.597. The van der Waals surface area contributed by atoms with Crippen molar-refractivity contribution in [2.75, 3.05) is 6.54 Å². The maximum Gasteiger partial charge on any atom is 0.0133 e. The van der Waals surface area contributed by atoms with E-state index in [1.165, 1.54) is 34.8 Å². The fraction of sp³-hybridized carbons (Fsp3) is 0.400. The summed E-state index contributed by atoms with van der Waals surface area (Å²) in [5, 5.41) is 0. The first-order valence-corrected chi connectivity index (χ1v) is 9.41. The Morgan fingerprint density at radius 1 is 1.14 bits per heavy atom. The zero-order valence-corrected chi connectivity index (χ0v) is 15.1. The van der Waals surface area contributed by atoms with Crippen LogP contribution in [0.25, 0.3) is 0 Å². The maximum absolute atomic E-state index is 5.81. The topological polar surface area (TPSA) is 26.0 Å². The molecular weight excluding hydrogens is 381 g/mol. The van der Waals surface area contributed by atoms with E-state index in [0.717, 1.165) is 13.0 Å². The molecule has 0 bridgehead atoms. The lowest BCUT2D eigenvalue weighted by molar-refractivity contribution is 0.437. The molecule has 0 radical (unpaired) electrons. The molecule has 0 saturated heterocycles. The van der Waals surface area contributed by atoms with Crippen molar-refractivity contribution < 1.29 is 0 Å². The number of fused-ring (bicyclic) bond motifs is 1. The molecule has 2 unspecified atom stereocenters. The standard InChI is InChI=1S/C20H24IN/c21-17-9-3-8-16(14-17)19(12-5-13-22)20-11-4-7-15-6-1-2-10-18(15)20/h1-3,6,8-10,14,19-20H,4-5,7,11-13,22H2. The summed E-state index contributed by atoms with van der Waals surface area (Å²) in [4.78, 5) is 0. The predicted octanol–water partition coefficient (Wildman–Crippen LogP) is 5.23. The van der Waals surface area contributed by atoms with Gasteiger partial charge in [0.1, 0.15) is 0 Å². The molecule has 1 aliphatic carbocycles. The van der Waals surface area contributed by atoms with Crippen LogP contribution in [0.2, 0.25) is 0 Å². The summed E-state index contributed by atoms with van der Waals surface area (Å²) in [5.41, 5.74) is 10.4. The van der Waals surface area contributed by atoms with Gasteiger partial charge in [-0.15, -0.1) is 0 Å². The van der Waals surface area contributed by atoms with E-state index >= 15 is 0 Å². The lowest BCUT2D eigenvalue weighted by atomic mass is 9.72. The zero-order chi connectivity index (χ0) is 15.4. The van der Waals surface area contributed by atoms with Crippen LogP contribution < -0.4 is 5.73 Å². The van der Waals surface area contributed by atoms with Gasteiger partial charge in [0.25, 0.3) is 0 Å². The summed E-state index contributed by atoms with van der Waals surface area (Å²) in [6.07, 6.45) is 6.15. The van der Waals surface area contributed by atoms with Crippen LogP contribution in [-0.2, 0) is 6.42 Å². The highest BCUT2D eigenvalue weighted by Gasteiger charge is 2.28. The zero-order valence-electron chi connectivity index (χ0n) is 13.0. The number of hydrogen-bond acceptors (Lipinski definition) is 1. The van der Waals surface area contributed by atoms with Crippen molar-refractivity contribution in [3.05, 3.63) is 68.8 Å². The SMILES string of the molecule is NCCCC(c1cccc(I)c1)C1CCCc2ccccc21. The quantitative estimate of drug-likeness (QED) is 0.677. The first-order valence-electron chi connectivity index (χ1n) is 8.33. The average Bonchev–Trinajstić information content (AvgIpc) is 2.55. The van der Waals surface area contributed by atoms with Gasteiger partial charge in [0.15, 0.2) is 0 Å². The Bertz CT molecular complexity index is 623. The van der Waals surface area contributed by atoms with Crippen molar-refractivity contribution in [2.24, 2.45) is 5.73 Å².